The van der Waals surface area contributed by atoms with Gasteiger partial charge in [0.1, 0.15) is 0 Å². The number of ketones is 1. The second kappa shape index (κ2) is 9.47. The predicted molar refractivity (Wildman–Crippen MR) is 140 cm³/mol. The number of aliphatic hydroxyl groups is 1. The topological polar surface area (TPSA) is 63.6 Å². The molecule has 0 radical (unpaired) electrons. The number of Topliss-reactive ketones (excluding diaryl/α,β-unsaturated/α-hetero) is 1. The quantitative estimate of drug-likeness (QED) is 0.249. The number of hydrogen-bond acceptors (Lipinski definition) is 4. The fourth-order valence-corrected chi connectivity index (χ4v) is 9.29. The number of carbonyl (C=O) groups is 2. The fraction of sp³-hybridized carbons (Fsp3) is 0.806. The molecule has 4 rings (SSSR count). The van der Waals surface area contributed by atoms with Crippen molar-refractivity contribution >= 4 is 11.8 Å². The van der Waals surface area contributed by atoms with E-state index in [1.807, 2.05) is 0 Å². The molecule has 0 aromatic rings. The van der Waals surface area contributed by atoms with Crippen molar-refractivity contribution in [2.45, 2.75) is 105 Å². The first kappa shape index (κ1) is 26.6. The number of hydrogen-bond donors (Lipinski definition) is 1. The molecular formula is C31H48O4. The number of ether oxygens (including phenoxy) is 1. The summed E-state index contributed by atoms with van der Waals surface area (Å²) in [5.74, 6) is 2.46. The molecule has 0 aromatic carbocycles. The molecule has 1 unspecified atom stereocenters. The molecule has 0 aliphatic heterocycles. The van der Waals surface area contributed by atoms with Gasteiger partial charge in [0.05, 0.1) is 6.61 Å². The summed E-state index contributed by atoms with van der Waals surface area (Å²) in [6, 6.07) is 0. The maximum absolute atomic E-state index is 13.1. The van der Waals surface area contributed by atoms with Gasteiger partial charge in [0.25, 0.3) is 0 Å². The van der Waals surface area contributed by atoms with E-state index < -0.39 is 17.0 Å². The monoisotopic (exact) mass is 484 g/mol. The molecule has 4 aliphatic rings. The van der Waals surface area contributed by atoms with Gasteiger partial charge in [-0.2, -0.15) is 0 Å². The Morgan fingerprint density at radius 2 is 1.91 bits per heavy atom. The van der Waals surface area contributed by atoms with Crippen molar-refractivity contribution in [3.8, 4) is 0 Å². The SMILES string of the molecule is C/C=C(/CC[C@@H](C)[C@H]1CC[C@H]2[C@@H]3CC=C4C(O)(C(=O)OCC)C(=O)C[C@]4(C)[C@H]3CC[C@]12C)C(C)C. The lowest BCUT2D eigenvalue weighted by molar-refractivity contribution is -0.164. The van der Waals surface area contributed by atoms with Crippen LogP contribution in [0.1, 0.15) is 99.8 Å². The van der Waals surface area contributed by atoms with Crippen LogP contribution in [-0.4, -0.2) is 29.1 Å². The zero-order chi connectivity index (χ0) is 25.8. The summed E-state index contributed by atoms with van der Waals surface area (Å²) in [6.07, 6.45) is 12.8. The van der Waals surface area contributed by atoms with Gasteiger partial charge in [0, 0.05) is 11.8 Å². The van der Waals surface area contributed by atoms with E-state index in [2.05, 4.69) is 53.7 Å². The molecule has 196 valence electrons. The van der Waals surface area contributed by atoms with E-state index >= 15 is 0 Å². The van der Waals surface area contributed by atoms with Gasteiger partial charge in [-0.15, -0.1) is 0 Å². The van der Waals surface area contributed by atoms with Crippen molar-refractivity contribution in [2.75, 3.05) is 6.61 Å². The van der Waals surface area contributed by atoms with Crippen LogP contribution >= 0.6 is 0 Å². The van der Waals surface area contributed by atoms with Crippen molar-refractivity contribution in [2.24, 2.45) is 46.3 Å². The molecule has 0 aromatic heterocycles. The van der Waals surface area contributed by atoms with Crippen molar-refractivity contribution in [1.82, 2.24) is 0 Å². The van der Waals surface area contributed by atoms with Crippen molar-refractivity contribution in [3.05, 3.63) is 23.3 Å². The normalized spacial score (nSPS) is 41.8. The highest BCUT2D eigenvalue weighted by atomic mass is 16.5. The highest BCUT2D eigenvalue weighted by molar-refractivity contribution is 6.13. The van der Waals surface area contributed by atoms with E-state index in [4.69, 9.17) is 4.74 Å². The summed E-state index contributed by atoms with van der Waals surface area (Å²) >= 11 is 0. The summed E-state index contributed by atoms with van der Waals surface area (Å²) in [5.41, 5.74) is 0.0392. The molecule has 4 nitrogen and oxygen atoms in total. The van der Waals surface area contributed by atoms with Crippen LogP contribution in [0.25, 0.3) is 0 Å². The number of rotatable bonds is 7. The molecule has 0 heterocycles. The summed E-state index contributed by atoms with van der Waals surface area (Å²) in [4.78, 5) is 25.8. The molecule has 0 amide bonds. The Kier molecular flexibility index (Phi) is 7.21. The van der Waals surface area contributed by atoms with Gasteiger partial charge in [-0.25, -0.2) is 4.79 Å². The first-order valence-corrected chi connectivity index (χ1v) is 14.2. The van der Waals surface area contributed by atoms with Crippen LogP contribution in [-0.2, 0) is 14.3 Å². The van der Waals surface area contributed by atoms with Gasteiger partial charge in [-0.3, -0.25) is 4.79 Å². The molecule has 1 N–H and O–H groups in total. The van der Waals surface area contributed by atoms with E-state index in [1.165, 1.54) is 32.1 Å². The highest BCUT2D eigenvalue weighted by Crippen LogP contribution is 2.68. The maximum Gasteiger partial charge on any atom is 0.350 e. The molecule has 4 heteroatoms. The Morgan fingerprint density at radius 3 is 2.54 bits per heavy atom. The average molecular weight is 485 g/mol. The molecule has 3 saturated carbocycles. The molecular weight excluding hydrogens is 436 g/mol. The third-order valence-corrected chi connectivity index (χ3v) is 11.1. The van der Waals surface area contributed by atoms with Crippen molar-refractivity contribution in [1.29, 1.82) is 0 Å². The van der Waals surface area contributed by atoms with Gasteiger partial charge in [0.15, 0.2) is 5.78 Å². The predicted octanol–water partition coefficient (Wildman–Crippen LogP) is 6.67. The minimum Gasteiger partial charge on any atom is -0.463 e. The van der Waals surface area contributed by atoms with E-state index in [0.717, 1.165) is 18.8 Å². The average Bonchev–Trinajstić information content (AvgIpc) is 3.25. The Morgan fingerprint density at radius 1 is 1.20 bits per heavy atom. The Hall–Kier alpha value is -1.42. The van der Waals surface area contributed by atoms with Gasteiger partial charge in [0.2, 0.25) is 5.60 Å². The van der Waals surface area contributed by atoms with E-state index in [-0.39, 0.29) is 18.8 Å². The Bertz CT molecular complexity index is 915. The first-order valence-electron chi connectivity index (χ1n) is 14.2. The Labute approximate surface area is 213 Å². The lowest BCUT2D eigenvalue weighted by Gasteiger charge is -2.56. The van der Waals surface area contributed by atoms with Crippen LogP contribution < -0.4 is 0 Å². The summed E-state index contributed by atoms with van der Waals surface area (Å²) in [7, 11) is 0. The fourth-order valence-electron chi connectivity index (χ4n) is 9.29. The third-order valence-electron chi connectivity index (χ3n) is 11.1. The number of carbonyl (C=O) groups excluding carboxylic acids is 2. The minimum absolute atomic E-state index is 0.164. The van der Waals surface area contributed by atoms with E-state index in [0.29, 0.717) is 40.6 Å². The molecule has 3 fully saturated rings. The van der Waals surface area contributed by atoms with Crippen LogP contribution in [0.4, 0.5) is 0 Å². The number of fused-ring (bicyclic) bond motifs is 5. The molecule has 0 saturated heterocycles. The van der Waals surface area contributed by atoms with E-state index in [1.54, 1.807) is 12.5 Å². The highest BCUT2D eigenvalue weighted by Gasteiger charge is 2.67. The van der Waals surface area contributed by atoms with Crippen LogP contribution in [0, 0.1) is 46.3 Å². The Balaban J connectivity index is 1.55. The summed E-state index contributed by atoms with van der Waals surface area (Å²) < 4.78 is 5.16. The van der Waals surface area contributed by atoms with Crippen LogP contribution in [0.3, 0.4) is 0 Å². The van der Waals surface area contributed by atoms with Gasteiger partial charge < -0.3 is 9.84 Å². The van der Waals surface area contributed by atoms with Gasteiger partial charge >= 0.3 is 5.97 Å². The molecule has 0 spiro atoms. The lowest BCUT2D eigenvalue weighted by Crippen LogP contribution is -2.51. The second-order valence-electron chi connectivity index (χ2n) is 12.9. The largest absolute Gasteiger partial charge is 0.463 e. The summed E-state index contributed by atoms with van der Waals surface area (Å²) in [5, 5.41) is 11.3. The zero-order valence-electron chi connectivity index (χ0n) is 23.2. The van der Waals surface area contributed by atoms with E-state index in [9.17, 15) is 14.7 Å². The van der Waals surface area contributed by atoms with Crippen molar-refractivity contribution < 1.29 is 19.4 Å². The zero-order valence-corrected chi connectivity index (χ0v) is 23.2. The molecule has 35 heavy (non-hydrogen) atoms. The van der Waals surface area contributed by atoms with Crippen LogP contribution in [0.2, 0.25) is 0 Å². The standard InChI is InChI=1S/C31H48O4/c1-8-21(19(3)4)11-10-20(5)23-13-14-24-22-12-15-26-30(7,25(22)16-17-29(23,24)6)18-27(32)31(26,34)28(33)35-9-2/h8,15,19-20,22-25,34H,9-14,16-18H2,1-7H3/b21-8-/t20-,22+,23-,24+,25+,29-,30-,31?/m1/s1. The number of esters is 1. The van der Waals surface area contributed by atoms with Crippen LogP contribution in [0.5, 0.6) is 0 Å². The van der Waals surface area contributed by atoms with Gasteiger partial charge in [-0.1, -0.05) is 52.3 Å². The van der Waals surface area contributed by atoms with Crippen molar-refractivity contribution in [3.63, 3.8) is 0 Å². The maximum atomic E-state index is 13.1. The third kappa shape index (κ3) is 3.97. The minimum atomic E-state index is -2.08. The first-order chi connectivity index (χ1) is 16.4. The molecule has 8 atom stereocenters. The second-order valence-corrected chi connectivity index (χ2v) is 12.9. The van der Waals surface area contributed by atoms with Gasteiger partial charge in [-0.05, 0) is 105 Å². The van der Waals surface area contributed by atoms with Crippen LogP contribution in [0.15, 0.2) is 23.3 Å². The summed E-state index contributed by atoms with van der Waals surface area (Å²) in [6.45, 7) is 15.8. The lowest BCUT2D eigenvalue weighted by atomic mass is 9.48. The smallest absolute Gasteiger partial charge is 0.350 e. The molecule has 4 aliphatic carbocycles. The molecule has 0 bridgehead atoms. The number of allylic oxidation sites excluding steroid dienone is 3.